The summed E-state index contributed by atoms with van der Waals surface area (Å²) in [7, 11) is 0. The summed E-state index contributed by atoms with van der Waals surface area (Å²) >= 11 is 0. The highest BCUT2D eigenvalue weighted by atomic mass is 16.5. The molecule has 150 valence electrons. The molecule has 1 saturated heterocycles. The number of nitrogens with one attached hydrogen (secondary N) is 2. The first-order valence-electron chi connectivity index (χ1n) is 10.1. The molecule has 1 aromatic heterocycles. The second kappa shape index (κ2) is 9.15. The standard InChI is InChI=1S/C22H30N4O2/c1-14(2)17-8-5-9-18(15(3)4)21(17)24-20-11-10-19(25-26-20)22(27)23-13-16-7-6-12-28-16/h5,8-11,14-16H,6-7,12-13H2,1-4H3,(H,23,27)(H,24,26). The number of amides is 1. The maximum Gasteiger partial charge on any atom is 0.271 e. The summed E-state index contributed by atoms with van der Waals surface area (Å²) in [5.41, 5.74) is 3.87. The SMILES string of the molecule is CC(C)c1cccc(C(C)C)c1Nc1ccc(C(=O)NCC2CCCO2)nn1. The molecule has 1 unspecified atom stereocenters. The van der Waals surface area contributed by atoms with Gasteiger partial charge in [-0.1, -0.05) is 45.9 Å². The van der Waals surface area contributed by atoms with E-state index in [1.807, 2.05) is 0 Å². The second-order valence-electron chi connectivity index (χ2n) is 7.89. The molecule has 3 rings (SSSR count). The molecule has 1 amide bonds. The monoisotopic (exact) mass is 382 g/mol. The van der Waals surface area contributed by atoms with Gasteiger partial charge in [-0.05, 0) is 47.9 Å². The number of benzene rings is 1. The number of anilines is 2. The van der Waals surface area contributed by atoms with E-state index < -0.39 is 0 Å². The first-order chi connectivity index (χ1) is 13.5. The minimum Gasteiger partial charge on any atom is -0.376 e. The minimum atomic E-state index is -0.222. The first-order valence-corrected chi connectivity index (χ1v) is 10.1. The van der Waals surface area contributed by atoms with Crippen molar-refractivity contribution >= 4 is 17.4 Å². The third-order valence-corrected chi connectivity index (χ3v) is 5.04. The van der Waals surface area contributed by atoms with Crippen LogP contribution >= 0.6 is 0 Å². The van der Waals surface area contributed by atoms with Gasteiger partial charge in [-0.15, -0.1) is 10.2 Å². The lowest BCUT2D eigenvalue weighted by Gasteiger charge is -2.20. The minimum absolute atomic E-state index is 0.111. The van der Waals surface area contributed by atoms with Gasteiger partial charge in [0.05, 0.1) is 6.10 Å². The topological polar surface area (TPSA) is 76.1 Å². The zero-order valence-electron chi connectivity index (χ0n) is 17.2. The van der Waals surface area contributed by atoms with Crippen LogP contribution < -0.4 is 10.6 Å². The summed E-state index contributed by atoms with van der Waals surface area (Å²) in [6, 6.07) is 9.88. The van der Waals surface area contributed by atoms with Gasteiger partial charge in [-0.2, -0.15) is 0 Å². The van der Waals surface area contributed by atoms with Gasteiger partial charge in [0.2, 0.25) is 0 Å². The fourth-order valence-electron chi connectivity index (χ4n) is 3.45. The Bertz CT molecular complexity index is 770. The summed E-state index contributed by atoms with van der Waals surface area (Å²) < 4.78 is 5.52. The van der Waals surface area contributed by atoms with E-state index in [9.17, 15) is 4.79 Å². The first kappa shape index (κ1) is 20.3. The quantitative estimate of drug-likeness (QED) is 0.743. The lowest BCUT2D eigenvalue weighted by molar-refractivity contribution is 0.0853. The van der Waals surface area contributed by atoms with Crippen LogP contribution in [0, 0.1) is 0 Å². The molecule has 1 aromatic carbocycles. The van der Waals surface area contributed by atoms with Gasteiger partial charge in [0, 0.05) is 18.8 Å². The van der Waals surface area contributed by atoms with Crippen LogP contribution in [-0.4, -0.2) is 35.4 Å². The molecule has 0 radical (unpaired) electrons. The zero-order valence-corrected chi connectivity index (χ0v) is 17.2. The molecule has 1 aliphatic heterocycles. The predicted octanol–water partition coefficient (Wildman–Crippen LogP) is 4.38. The largest absolute Gasteiger partial charge is 0.376 e. The Balaban J connectivity index is 1.71. The number of aromatic nitrogens is 2. The van der Waals surface area contributed by atoms with Crippen LogP contribution in [0.5, 0.6) is 0 Å². The van der Waals surface area contributed by atoms with Crippen molar-refractivity contribution in [3.63, 3.8) is 0 Å². The molecular formula is C22H30N4O2. The second-order valence-corrected chi connectivity index (χ2v) is 7.89. The lowest BCUT2D eigenvalue weighted by atomic mass is 9.92. The highest BCUT2D eigenvalue weighted by molar-refractivity contribution is 5.92. The van der Waals surface area contributed by atoms with Crippen molar-refractivity contribution in [3.05, 3.63) is 47.2 Å². The summed E-state index contributed by atoms with van der Waals surface area (Å²) in [4.78, 5) is 12.3. The van der Waals surface area contributed by atoms with Crippen LogP contribution in [0.4, 0.5) is 11.5 Å². The maximum absolute atomic E-state index is 12.3. The van der Waals surface area contributed by atoms with E-state index in [0.717, 1.165) is 25.1 Å². The Hall–Kier alpha value is -2.47. The van der Waals surface area contributed by atoms with Crippen LogP contribution in [0.3, 0.4) is 0 Å². The third kappa shape index (κ3) is 4.87. The summed E-state index contributed by atoms with van der Waals surface area (Å²) in [5, 5.41) is 14.6. The average molecular weight is 383 g/mol. The highest BCUT2D eigenvalue weighted by Gasteiger charge is 2.18. The maximum atomic E-state index is 12.3. The predicted molar refractivity (Wildman–Crippen MR) is 111 cm³/mol. The van der Waals surface area contributed by atoms with Crippen molar-refractivity contribution in [2.24, 2.45) is 0 Å². The molecule has 2 N–H and O–H groups in total. The van der Waals surface area contributed by atoms with E-state index >= 15 is 0 Å². The van der Waals surface area contributed by atoms with Crippen LogP contribution in [0.2, 0.25) is 0 Å². The number of hydrogen-bond donors (Lipinski definition) is 2. The van der Waals surface area contributed by atoms with Crippen molar-refractivity contribution in [3.8, 4) is 0 Å². The number of hydrogen-bond acceptors (Lipinski definition) is 5. The Morgan fingerprint density at radius 1 is 1.11 bits per heavy atom. The normalized spacial score (nSPS) is 16.6. The van der Waals surface area contributed by atoms with Crippen molar-refractivity contribution in [1.82, 2.24) is 15.5 Å². The van der Waals surface area contributed by atoms with Crippen molar-refractivity contribution in [2.45, 2.75) is 58.5 Å². The molecule has 1 aliphatic rings. The summed E-state index contributed by atoms with van der Waals surface area (Å²) in [6.07, 6.45) is 2.15. The molecule has 0 bridgehead atoms. The third-order valence-electron chi connectivity index (χ3n) is 5.04. The van der Waals surface area contributed by atoms with Crippen molar-refractivity contribution < 1.29 is 9.53 Å². The Kier molecular flexibility index (Phi) is 6.62. The van der Waals surface area contributed by atoms with Crippen molar-refractivity contribution in [2.75, 3.05) is 18.5 Å². The molecular weight excluding hydrogens is 352 g/mol. The van der Waals surface area contributed by atoms with Gasteiger partial charge < -0.3 is 15.4 Å². The number of ether oxygens (including phenoxy) is 1. The van der Waals surface area contributed by atoms with E-state index in [4.69, 9.17) is 4.74 Å². The Labute approximate surface area is 167 Å². The van der Waals surface area contributed by atoms with E-state index in [-0.39, 0.29) is 12.0 Å². The number of carbonyl (C=O) groups is 1. The van der Waals surface area contributed by atoms with Gasteiger partial charge in [-0.3, -0.25) is 4.79 Å². The van der Waals surface area contributed by atoms with Crippen LogP contribution in [0.15, 0.2) is 30.3 Å². The Morgan fingerprint density at radius 3 is 2.36 bits per heavy atom. The van der Waals surface area contributed by atoms with Crippen molar-refractivity contribution in [1.29, 1.82) is 0 Å². The number of carbonyl (C=O) groups excluding carboxylic acids is 1. The fraction of sp³-hybridized carbons (Fsp3) is 0.500. The Morgan fingerprint density at radius 2 is 1.82 bits per heavy atom. The van der Waals surface area contributed by atoms with Gasteiger partial charge in [-0.25, -0.2) is 0 Å². The molecule has 6 nitrogen and oxygen atoms in total. The molecule has 2 heterocycles. The van der Waals surface area contributed by atoms with Gasteiger partial charge in [0.15, 0.2) is 11.5 Å². The van der Waals surface area contributed by atoms with Crippen LogP contribution in [0.1, 0.15) is 74.0 Å². The molecule has 2 aromatic rings. The van der Waals surface area contributed by atoms with Gasteiger partial charge in [0.1, 0.15) is 0 Å². The van der Waals surface area contributed by atoms with Crippen LogP contribution in [0.25, 0.3) is 0 Å². The van der Waals surface area contributed by atoms with Crippen LogP contribution in [-0.2, 0) is 4.74 Å². The van der Waals surface area contributed by atoms with Gasteiger partial charge >= 0.3 is 0 Å². The van der Waals surface area contributed by atoms with E-state index in [1.54, 1.807) is 12.1 Å². The van der Waals surface area contributed by atoms with E-state index in [2.05, 4.69) is 66.7 Å². The molecule has 1 fully saturated rings. The zero-order chi connectivity index (χ0) is 20.1. The average Bonchev–Trinajstić information content (AvgIpc) is 3.20. The summed E-state index contributed by atoms with van der Waals surface area (Å²) in [5.74, 6) is 1.18. The van der Waals surface area contributed by atoms with Gasteiger partial charge in [0.25, 0.3) is 5.91 Å². The number of nitrogens with zero attached hydrogens (tertiary/aromatic N) is 2. The molecule has 0 aliphatic carbocycles. The molecule has 6 heteroatoms. The number of para-hydroxylation sites is 1. The fourth-order valence-corrected chi connectivity index (χ4v) is 3.45. The lowest BCUT2D eigenvalue weighted by Crippen LogP contribution is -2.32. The molecule has 28 heavy (non-hydrogen) atoms. The van der Waals surface area contributed by atoms with E-state index in [0.29, 0.717) is 29.9 Å². The molecule has 0 saturated carbocycles. The van der Waals surface area contributed by atoms with E-state index in [1.165, 1.54) is 11.1 Å². The highest BCUT2D eigenvalue weighted by Crippen LogP contribution is 2.33. The number of rotatable bonds is 7. The molecule has 0 spiro atoms. The summed E-state index contributed by atoms with van der Waals surface area (Å²) in [6.45, 7) is 10.0. The molecule has 1 atom stereocenters. The smallest absolute Gasteiger partial charge is 0.271 e.